The third-order valence-electron chi connectivity index (χ3n) is 0. The Morgan fingerprint density at radius 1 is 0.467 bits per heavy atom. The standard InChI is InChI=1S/3C3H7O.3Al/c3*1-3(2)4;;;/h3*3H,1-2H3;;;/q3*-1;3*+1. The summed E-state index contributed by atoms with van der Waals surface area (Å²) in [7, 11) is 0. The summed E-state index contributed by atoms with van der Waals surface area (Å²) in [6.45, 7) is 9.67. The molecular formula is C9H21Al3O3. The third-order valence-corrected chi connectivity index (χ3v) is 0. The molecule has 0 fully saturated rings. The van der Waals surface area contributed by atoms with Gasteiger partial charge in [0.15, 0.2) is 0 Å². The van der Waals surface area contributed by atoms with Crippen molar-refractivity contribution in [1.29, 1.82) is 0 Å². The van der Waals surface area contributed by atoms with Gasteiger partial charge in [-0.25, -0.2) is 0 Å². The van der Waals surface area contributed by atoms with Crippen LogP contribution in [0.5, 0.6) is 0 Å². The van der Waals surface area contributed by atoms with Gasteiger partial charge < -0.3 is 15.3 Å². The fraction of sp³-hybridized carbons (Fsp3) is 1.00. The van der Waals surface area contributed by atoms with Gasteiger partial charge in [-0.2, -0.15) is 0 Å². The summed E-state index contributed by atoms with van der Waals surface area (Å²) in [5, 5.41) is 28.6. The summed E-state index contributed by atoms with van der Waals surface area (Å²) < 4.78 is 0. The van der Waals surface area contributed by atoms with Gasteiger partial charge in [0.2, 0.25) is 0 Å². The van der Waals surface area contributed by atoms with Crippen molar-refractivity contribution in [3.05, 3.63) is 0 Å². The van der Waals surface area contributed by atoms with E-state index in [2.05, 4.69) is 0 Å². The van der Waals surface area contributed by atoms with Crippen LogP contribution in [-0.2, 0) is 0 Å². The Kier molecular flexibility index (Phi) is 70.8. The summed E-state index contributed by atoms with van der Waals surface area (Å²) in [5.41, 5.74) is 0. The van der Waals surface area contributed by atoms with Crippen molar-refractivity contribution >= 4 is 52.1 Å². The van der Waals surface area contributed by atoms with Gasteiger partial charge >= 0.3 is 52.1 Å². The second-order valence-corrected chi connectivity index (χ2v) is 3.15. The second-order valence-electron chi connectivity index (χ2n) is 3.15. The zero-order valence-corrected chi connectivity index (χ0v) is 14.2. The molecule has 0 spiro atoms. The average Bonchev–Trinajstić information content (AvgIpc) is 1.54. The number of rotatable bonds is 0. The summed E-state index contributed by atoms with van der Waals surface area (Å²) >= 11 is 0. The molecule has 0 aromatic rings. The summed E-state index contributed by atoms with van der Waals surface area (Å²) in [5.74, 6) is 0. The number of hydrogen-bond donors (Lipinski definition) is 0. The van der Waals surface area contributed by atoms with E-state index in [1.54, 1.807) is 41.5 Å². The van der Waals surface area contributed by atoms with Crippen LogP contribution < -0.4 is 15.3 Å². The van der Waals surface area contributed by atoms with Crippen molar-refractivity contribution in [1.82, 2.24) is 0 Å². The quantitative estimate of drug-likeness (QED) is 0.478. The predicted octanol–water partition coefficient (Wildman–Crippen LogP) is -1.88. The fourth-order valence-electron chi connectivity index (χ4n) is 0. The molecule has 0 amide bonds. The predicted molar refractivity (Wildman–Crippen MR) is 62.7 cm³/mol. The van der Waals surface area contributed by atoms with Gasteiger partial charge in [0.05, 0.1) is 0 Å². The fourth-order valence-corrected chi connectivity index (χ4v) is 0. The summed E-state index contributed by atoms with van der Waals surface area (Å²) in [4.78, 5) is 0. The third kappa shape index (κ3) is 1290. The second kappa shape index (κ2) is 29.6. The first-order chi connectivity index (χ1) is 5.20. The molecule has 0 bridgehead atoms. The molecule has 6 radical (unpaired) electrons. The summed E-state index contributed by atoms with van der Waals surface area (Å²) in [6.07, 6.45) is -1.25. The van der Waals surface area contributed by atoms with Gasteiger partial charge in [-0.15, -0.1) is 18.3 Å². The van der Waals surface area contributed by atoms with E-state index >= 15 is 0 Å². The molecule has 0 saturated carbocycles. The van der Waals surface area contributed by atoms with E-state index in [1.807, 2.05) is 0 Å². The van der Waals surface area contributed by atoms with E-state index in [0.29, 0.717) is 0 Å². The molecule has 0 unspecified atom stereocenters. The maximum Gasteiger partial charge on any atom is 1.00 e. The monoisotopic (exact) mass is 258 g/mol. The molecule has 0 N–H and O–H groups in total. The molecular weight excluding hydrogens is 237 g/mol. The molecule has 84 valence electrons. The Morgan fingerprint density at radius 2 is 0.467 bits per heavy atom. The van der Waals surface area contributed by atoms with Gasteiger partial charge in [0.25, 0.3) is 0 Å². The molecule has 0 aliphatic rings. The van der Waals surface area contributed by atoms with Crippen molar-refractivity contribution < 1.29 is 15.3 Å². The first kappa shape index (κ1) is 36.0. The Hall–Kier alpha value is 1.48. The zero-order chi connectivity index (χ0) is 10.7. The molecule has 0 saturated heterocycles. The normalized spacial score (nSPS) is 7.20. The maximum absolute atomic E-state index is 9.53. The molecule has 0 aromatic heterocycles. The van der Waals surface area contributed by atoms with Crippen molar-refractivity contribution in [3.8, 4) is 0 Å². The van der Waals surface area contributed by atoms with Gasteiger partial charge in [-0.3, -0.25) is 0 Å². The summed E-state index contributed by atoms with van der Waals surface area (Å²) in [6, 6.07) is 0. The van der Waals surface area contributed by atoms with E-state index in [4.69, 9.17) is 0 Å². The van der Waals surface area contributed by atoms with E-state index in [0.717, 1.165) is 0 Å². The average molecular weight is 258 g/mol. The topological polar surface area (TPSA) is 69.2 Å². The van der Waals surface area contributed by atoms with E-state index in [9.17, 15) is 15.3 Å². The molecule has 0 heterocycles. The minimum Gasteiger partial charge on any atom is -0.852 e. The molecule has 0 aliphatic heterocycles. The van der Waals surface area contributed by atoms with Gasteiger partial charge in [0, 0.05) is 0 Å². The van der Waals surface area contributed by atoms with Crippen LogP contribution in [0.2, 0.25) is 0 Å². The van der Waals surface area contributed by atoms with Gasteiger partial charge in [0.1, 0.15) is 0 Å². The Balaban J connectivity index is -0.0000000184. The van der Waals surface area contributed by atoms with Gasteiger partial charge in [-0.1, -0.05) is 41.5 Å². The molecule has 0 atom stereocenters. The van der Waals surface area contributed by atoms with E-state index < -0.39 is 18.3 Å². The molecule has 6 heteroatoms. The molecule has 3 nitrogen and oxygen atoms in total. The Labute approximate surface area is 127 Å². The van der Waals surface area contributed by atoms with Crippen molar-refractivity contribution in [2.45, 2.75) is 59.9 Å². The molecule has 15 heavy (non-hydrogen) atoms. The van der Waals surface area contributed by atoms with Crippen molar-refractivity contribution in [2.24, 2.45) is 0 Å². The van der Waals surface area contributed by atoms with Gasteiger partial charge in [-0.05, 0) is 0 Å². The van der Waals surface area contributed by atoms with Crippen LogP contribution in [0.15, 0.2) is 0 Å². The minimum absolute atomic E-state index is 0. The van der Waals surface area contributed by atoms with Crippen LogP contribution in [0.1, 0.15) is 41.5 Å². The first-order valence-corrected chi connectivity index (χ1v) is 4.17. The van der Waals surface area contributed by atoms with Crippen molar-refractivity contribution in [3.63, 3.8) is 0 Å². The Bertz CT molecular complexity index is 49.1. The smallest absolute Gasteiger partial charge is 0.852 e. The minimum atomic E-state index is -0.417. The van der Waals surface area contributed by atoms with Crippen LogP contribution >= 0.6 is 0 Å². The molecule has 0 aliphatic carbocycles. The van der Waals surface area contributed by atoms with Crippen LogP contribution in [0, 0.1) is 0 Å². The largest absolute Gasteiger partial charge is 1.00 e. The van der Waals surface area contributed by atoms with Crippen LogP contribution in [-0.4, -0.2) is 70.4 Å². The van der Waals surface area contributed by atoms with Crippen LogP contribution in [0.4, 0.5) is 0 Å². The van der Waals surface area contributed by atoms with E-state index in [-0.39, 0.29) is 52.1 Å². The number of hydrogen-bond acceptors (Lipinski definition) is 3. The SMILES string of the molecule is CC(C)[O-].CC(C)[O-].CC(C)[O-].[Al+].[Al+].[Al+]. The van der Waals surface area contributed by atoms with Crippen LogP contribution in [0.3, 0.4) is 0 Å². The van der Waals surface area contributed by atoms with Crippen LogP contribution in [0.25, 0.3) is 0 Å². The molecule has 0 rings (SSSR count). The Morgan fingerprint density at radius 3 is 0.467 bits per heavy atom. The molecule has 0 aromatic carbocycles. The zero-order valence-electron chi connectivity index (χ0n) is 10.7. The first-order valence-electron chi connectivity index (χ1n) is 4.17. The maximum atomic E-state index is 9.53. The van der Waals surface area contributed by atoms with E-state index in [1.165, 1.54) is 0 Å². The van der Waals surface area contributed by atoms with Crippen molar-refractivity contribution in [2.75, 3.05) is 0 Å².